The van der Waals surface area contributed by atoms with Crippen molar-refractivity contribution in [3.05, 3.63) is 0 Å². The Bertz CT molecular complexity index is 255. The number of hydrazine groups is 1. The summed E-state index contributed by atoms with van der Waals surface area (Å²) in [5.41, 5.74) is 0. The monoisotopic (exact) mass is 207 g/mol. The second-order valence-electron chi connectivity index (χ2n) is 3.53. The van der Waals surface area contributed by atoms with Crippen LogP contribution in [0.1, 0.15) is 13.8 Å². The first-order chi connectivity index (χ1) is 5.94. The zero-order valence-corrected chi connectivity index (χ0v) is 8.92. The highest BCUT2D eigenvalue weighted by Gasteiger charge is 2.28. The van der Waals surface area contributed by atoms with Crippen LogP contribution in [0, 0.1) is 0 Å². The topological polar surface area (TPSA) is 66.6 Å². The average molecular weight is 207 g/mol. The molecule has 1 aliphatic heterocycles. The predicted octanol–water partition coefficient (Wildman–Crippen LogP) is -0.784. The van der Waals surface area contributed by atoms with Crippen LogP contribution in [0.15, 0.2) is 0 Å². The van der Waals surface area contributed by atoms with Crippen molar-refractivity contribution in [2.45, 2.75) is 19.1 Å². The molecular formula is C7H17N3O2S. The molecule has 1 fully saturated rings. The van der Waals surface area contributed by atoms with Gasteiger partial charge < -0.3 is 0 Å². The Morgan fingerprint density at radius 1 is 1.15 bits per heavy atom. The van der Waals surface area contributed by atoms with Crippen LogP contribution in [-0.4, -0.2) is 49.2 Å². The summed E-state index contributed by atoms with van der Waals surface area (Å²) in [6.07, 6.45) is 0. The second kappa shape index (κ2) is 3.91. The minimum Gasteiger partial charge on any atom is -0.269 e. The number of hydrogen-bond acceptors (Lipinski definition) is 4. The molecule has 0 aromatic heterocycles. The fourth-order valence-electron chi connectivity index (χ4n) is 1.26. The predicted molar refractivity (Wildman–Crippen MR) is 51.4 cm³/mol. The van der Waals surface area contributed by atoms with Crippen molar-refractivity contribution in [2.75, 3.05) is 26.2 Å². The first-order valence-electron chi connectivity index (χ1n) is 4.43. The summed E-state index contributed by atoms with van der Waals surface area (Å²) in [4.78, 5) is 0. The molecule has 0 aromatic carbocycles. The van der Waals surface area contributed by atoms with E-state index in [1.54, 1.807) is 18.9 Å². The number of hydrogen-bond donors (Lipinski definition) is 1. The molecule has 1 aliphatic rings. The summed E-state index contributed by atoms with van der Waals surface area (Å²) < 4.78 is 24.8. The second-order valence-corrected chi connectivity index (χ2v) is 6.02. The number of rotatable bonds is 2. The molecule has 1 rings (SSSR count). The third kappa shape index (κ3) is 2.40. The molecule has 0 saturated carbocycles. The van der Waals surface area contributed by atoms with Crippen LogP contribution >= 0.6 is 0 Å². The van der Waals surface area contributed by atoms with Gasteiger partial charge in [0.2, 0.25) is 10.0 Å². The van der Waals surface area contributed by atoms with Crippen molar-refractivity contribution in [1.29, 1.82) is 0 Å². The van der Waals surface area contributed by atoms with Crippen molar-refractivity contribution in [3.63, 3.8) is 0 Å². The first-order valence-corrected chi connectivity index (χ1v) is 5.93. The lowest BCUT2D eigenvalue weighted by atomic mass is 10.4. The van der Waals surface area contributed by atoms with Crippen LogP contribution in [0.3, 0.4) is 0 Å². The summed E-state index contributed by atoms with van der Waals surface area (Å²) in [5.74, 6) is 5.53. The quantitative estimate of drug-likeness (QED) is 0.603. The van der Waals surface area contributed by atoms with Gasteiger partial charge in [-0.1, -0.05) is 0 Å². The van der Waals surface area contributed by atoms with Gasteiger partial charge in [0.25, 0.3) is 0 Å². The molecule has 2 N–H and O–H groups in total. The summed E-state index contributed by atoms with van der Waals surface area (Å²) in [6.45, 7) is 5.65. The first kappa shape index (κ1) is 10.9. The van der Waals surface area contributed by atoms with Crippen LogP contribution < -0.4 is 5.84 Å². The molecule has 0 aliphatic carbocycles. The summed E-state index contributed by atoms with van der Waals surface area (Å²) in [7, 11) is -3.07. The largest absolute Gasteiger partial charge is 0.269 e. The maximum Gasteiger partial charge on any atom is 0.216 e. The molecule has 0 spiro atoms. The SMILES string of the molecule is CC(C)S(=O)(=O)N1CCN(N)CC1. The van der Waals surface area contributed by atoms with E-state index >= 15 is 0 Å². The van der Waals surface area contributed by atoms with E-state index in [0.717, 1.165) is 0 Å². The normalized spacial score (nSPS) is 22.5. The van der Waals surface area contributed by atoms with E-state index < -0.39 is 10.0 Å². The molecule has 0 aromatic rings. The van der Waals surface area contributed by atoms with E-state index in [-0.39, 0.29) is 5.25 Å². The zero-order valence-electron chi connectivity index (χ0n) is 8.10. The number of sulfonamides is 1. The van der Waals surface area contributed by atoms with Crippen molar-refractivity contribution in [3.8, 4) is 0 Å². The highest BCUT2D eigenvalue weighted by molar-refractivity contribution is 7.89. The maximum atomic E-state index is 11.7. The van der Waals surface area contributed by atoms with Crippen LogP contribution in [-0.2, 0) is 10.0 Å². The Morgan fingerprint density at radius 2 is 1.62 bits per heavy atom. The van der Waals surface area contributed by atoms with E-state index in [9.17, 15) is 8.42 Å². The number of piperazine rings is 1. The molecule has 6 heteroatoms. The maximum absolute atomic E-state index is 11.7. The molecule has 13 heavy (non-hydrogen) atoms. The molecule has 0 atom stereocenters. The molecule has 0 unspecified atom stereocenters. The minimum atomic E-state index is -3.07. The molecular weight excluding hydrogens is 190 g/mol. The minimum absolute atomic E-state index is 0.336. The lowest BCUT2D eigenvalue weighted by Gasteiger charge is -2.32. The molecule has 78 valence electrons. The number of nitrogens with two attached hydrogens (primary N) is 1. The van der Waals surface area contributed by atoms with Gasteiger partial charge in [0.15, 0.2) is 0 Å². The summed E-state index contributed by atoms with van der Waals surface area (Å²) in [6, 6.07) is 0. The standard InChI is InChI=1S/C7H17N3O2S/c1-7(2)13(11,12)10-5-3-9(8)4-6-10/h7H,3-6,8H2,1-2H3. The fourth-order valence-corrected chi connectivity index (χ4v) is 2.52. The van der Waals surface area contributed by atoms with E-state index in [0.29, 0.717) is 26.2 Å². The molecule has 0 radical (unpaired) electrons. The molecule has 1 heterocycles. The Kier molecular flexibility index (Phi) is 3.28. The lowest BCUT2D eigenvalue weighted by Crippen LogP contribution is -2.52. The Balaban J connectivity index is 2.64. The van der Waals surface area contributed by atoms with Gasteiger partial charge in [0, 0.05) is 26.2 Å². The number of nitrogens with zero attached hydrogens (tertiary/aromatic N) is 2. The van der Waals surface area contributed by atoms with Gasteiger partial charge in [0.05, 0.1) is 5.25 Å². The van der Waals surface area contributed by atoms with Crippen molar-refractivity contribution < 1.29 is 8.42 Å². The van der Waals surface area contributed by atoms with E-state index in [1.807, 2.05) is 0 Å². The third-order valence-electron chi connectivity index (χ3n) is 2.23. The van der Waals surface area contributed by atoms with E-state index in [1.165, 1.54) is 4.31 Å². The van der Waals surface area contributed by atoms with Gasteiger partial charge >= 0.3 is 0 Å². The van der Waals surface area contributed by atoms with Gasteiger partial charge in [-0.25, -0.2) is 13.4 Å². The third-order valence-corrected chi connectivity index (χ3v) is 4.51. The van der Waals surface area contributed by atoms with Crippen molar-refractivity contribution >= 4 is 10.0 Å². The van der Waals surface area contributed by atoms with Gasteiger partial charge in [-0.2, -0.15) is 4.31 Å². The Labute approximate surface area is 79.5 Å². The summed E-state index contributed by atoms with van der Waals surface area (Å²) >= 11 is 0. The average Bonchev–Trinajstić information content (AvgIpc) is 2.04. The zero-order chi connectivity index (χ0) is 10.1. The van der Waals surface area contributed by atoms with Crippen LogP contribution in [0.2, 0.25) is 0 Å². The van der Waals surface area contributed by atoms with E-state index in [2.05, 4.69) is 0 Å². The highest BCUT2D eigenvalue weighted by atomic mass is 32.2. The van der Waals surface area contributed by atoms with Gasteiger partial charge in [-0.15, -0.1) is 0 Å². The Morgan fingerprint density at radius 3 is 2.00 bits per heavy atom. The van der Waals surface area contributed by atoms with Gasteiger partial charge in [0.1, 0.15) is 0 Å². The van der Waals surface area contributed by atoms with E-state index in [4.69, 9.17) is 5.84 Å². The van der Waals surface area contributed by atoms with Crippen LogP contribution in [0.25, 0.3) is 0 Å². The molecule has 0 bridgehead atoms. The smallest absolute Gasteiger partial charge is 0.216 e. The molecule has 0 amide bonds. The Hall–Kier alpha value is -0.170. The molecule has 5 nitrogen and oxygen atoms in total. The van der Waals surface area contributed by atoms with Crippen LogP contribution in [0.5, 0.6) is 0 Å². The molecule has 1 saturated heterocycles. The lowest BCUT2D eigenvalue weighted by molar-refractivity contribution is 0.191. The van der Waals surface area contributed by atoms with Crippen molar-refractivity contribution in [2.24, 2.45) is 5.84 Å². The highest BCUT2D eigenvalue weighted by Crippen LogP contribution is 2.10. The summed E-state index contributed by atoms with van der Waals surface area (Å²) in [5, 5.41) is 1.31. The van der Waals surface area contributed by atoms with Gasteiger partial charge in [-0.3, -0.25) is 5.84 Å². The fraction of sp³-hybridized carbons (Fsp3) is 1.00. The van der Waals surface area contributed by atoms with Crippen molar-refractivity contribution in [1.82, 2.24) is 9.31 Å². The van der Waals surface area contributed by atoms with Crippen LogP contribution in [0.4, 0.5) is 0 Å². The van der Waals surface area contributed by atoms with Gasteiger partial charge in [-0.05, 0) is 13.8 Å².